The van der Waals surface area contributed by atoms with Gasteiger partial charge in [0.15, 0.2) is 5.78 Å². The lowest BCUT2D eigenvalue weighted by molar-refractivity contribution is -0.129. The Bertz CT molecular complexity index is 906. The Hall–Kier alpha value is -2.96. The van der Waals surface area contributed by atoms with Crippen LogP contribution in [0.2, 0.25) is 0 Å². The number of hydrogen-bond acceptors (Lipinski definition) is 3. The molecule has 0 aliphatic carbocycles. The van der Waals surface area contributed by atoms with Crippen LogP contribution in [-0.2, 0) is 11.8 Å². The molecule has 0 saturated carbocycles. The molecular formula is C20H22FN3O3. The van der Waals surface area contributed by atoms with Gasteiger partial charge in [-0.05, 0) is 24.6 Å². The quantitative estimate of drug-likeness (QED) is 0.773. The van der Waals surface area contributed by atoms with Gasteiger partial charge in [-0.1, -0.05) is 12.1 Å². The first-order chi connectivity index (χ1) is 12.8. The number of aryl methyl sites for hydroxylation is 1. The summed E-state index contributed by atoms with van der Waals surface area (Å²) in [6, 6.07) is 7.27. The smallest absolute Gasteiger partial charge is 0.270 e. The van der Waals surface area contributed by atoms with Crippen molar-refractivity contribution in [3.05, 3.63) is 59.2 Å². The Labute approximate surface area is 157 Å². The molecule has 1 aromatic carbocycles. The van der Waals surface area contributed by atoms with Crippen molar-refractivity contribution in [1.82, 2.24) is 14.4 Å². The second-order valence-electron chi connectivity index (χ2n) is 6.86. The van der Waals surface area contributed by atoms with E-state index in [1.165, 1.54) is 37.4 Å². The molecule has 1 saturated heterocycles. The van der Waals surface area contributed by atoms with Crippen LogP contribution < -0.4 is 0 Å². The molecule has 1 aliphatic heterocycles. The number of carbonyl (C=O) groups is 3. The van der Waals surface area contributed by atoms with Crippen LogP contribution in [0.1, 0.15) is 39.8 Å². The van der Waals surface area contributed by atoms with Gasteiger partial charge in [0.1, 0.15) is 11.5 Å². The average Bonchev–Trinajstić information content (AvgIpc) is 3.27. The summed E-state index contributed by atoms with van der Waals surface area (Å²) < 4.78 is 15.5. The van der Waals surface area contributed by atoms with Crippen LogP contribution in [0.3, 0.4) is 0 Å². The van der Waals surface area contributed by atoms with Gasteiger partial charge in [-0.3, -0.25) is 14.4 Å². The molecule has 2 aromatic rings. The first kappa shape index (κ1) is 18.8. The minimum atomic E-state index is -0.589. The van der Waals surface area contributed by atoms with Gasteiger partial charge in [-0.25, -0.2) is 4.39 Å². The largest absolute Gasteiger partial charge is 0.346 e. The van der Waals surface area contributed by atoms with Gasteiger partial charge in [0.25, 0.3) is 5.91 Å². The zero-order valence-corrected chi connectivity index (χ0v) is 15.6. The third-order valence-corrected chi connectivity index (χ3v) is 5.10. The van der Waals surface area contributed by atoms with Gasteiger partial charge in [-0.15, -0.1) is 0 Å². The number of likely N-dealkylation sites (N-methyl/N-ethyl adjacent to an activating group) is 1. The second kappa shape index (κ2) is 7.34. The van der Waals surface area contributed by atoms with Gasteiger partial charge >= 0.3 is 0 Å². The van der Waals surface area contributed by atoms with Crippen molar-refractivity contribution >= 4 is 17.6 Å². The fraction of sp³-hybridized carbons (Fsp3) is 0.350. The first-order valence-electron chi connectivity index (χ1n) is 8.78. The van der Waals surface area contributed by atoms with E-state index in [1.807, 2.05) is 0 Å². The standard InChI is InChI=1S/C20H22FN3O3/c1-13(25)23(3)15-8-9-24(12-15)20(27)18-10-14(11-22(18)2)19(26)16-6-4-5-7-17(16)21/h4-7,10-11,15H,8-9,12H2,1-3H3. The summed E-state index contributed by atoms with van der Waals surface area (Å²) in [6.07, 6.45) is 2.25. The Morgan fingerprint density at radius 1 is 1.22 bits per heavy atom. The number of nitrogens with zero attached hydrogens (tertiary/aromatic N) is 3. The van der Waals surface area contributed by atoms with E-state index in [9.17, 15) is 18.8 Å². The number of rotatable bonds is 4. The monoisotopic (exact) mass is 371 g/mol. The molecule has 1 atom stereocenters. The van der Waals surface area contributed by atoms with E-state index in [1.54, 1.807) is 34.5 Å². The summed E-state index contributed by atoms with van der Waals surface area (Å²) in [4.78, 5) is 40.3. The Kier molecular flexibility index (Phi) is 5.12. The molecule has 27 heavy (non-hydrogen) atoms. The molecular weight excluding hydrogens is 349 g/mol. The van der Waals surface area contributed by atoms with Crippen molar-refractivity contribution in [3.63, 3.8) is 0 Å². The molecule has 0 N–H and O–H groups in total. The Morgan fingerprint density at radius 2 is 1.93 bits per heavy atom. The van der Waals surface area contributed by atoms with E-state index in [2.05, 4.69) is 0 Å². The SMILES string of the molecule is CC(=O)N(C)C1CCN(C(=O)c2cc(C(=O)c3ccccc3F)cn2C)C1. The maximum absolute atomic E-state index is 13.9. The molecule has 1 fully saturated rings. The highest BCUT2D eigenvalue weighted by Crippen LogP contribution is 2.20. The number of aromatic nitrogens is 1. The predicted molar refractivity (Wildman–Crippen MR) is 98.0 cm³/mol. The molecule has 3 rings (SSSR count). The zero-order chi connectivity index (χ0) is 19.7. The van der Waals surface area contributed by atoms with Crippen molar-refractivity contribution in [1.29, 1.82) is 0 Å². The molecule has 0 bridgehead atoms. The van der Waals surface area contributed by atoms with Crippen molar-refractivity contribution in [3.8, 4) is 0 Å². The van der Waals surface area contributed by atoms with Crippen LogP contribution in [0.15, 0.2) is 36.5 Å². The van der Waals surface area contributed by atoms with Crippen LogP contribution in [0, 0.1) is 5.82 Å². The van der Waals surface area contributed by atoms with Gasteiger partial charge in [0.2, 0.25) is 5.91 Å². The van der Waals surface area contributed by atoms with Gasteiger partial charge in [0.05, 0.1) is 11.6 Å². The molecule has 0 radical (unpaired) electrons. The molecule has 1 aromatic heterocycles. The molecule has 0 spiro atoms. The summed E-state index contributed by atoms with van der Waals surface area (Å²) in [5.74, 6) is -1.29. The average molecular weight is 371 g/mol. The van der Waals surface area contributed by atoms with Crippen LogP contribution >= 0.6 is 0 Å². The fourth-order valence-corrected chi connectivity index (χ4v) is 3.36. The second-order valence-corrected chi connectivity index (χ2v) is 6.86. The summed E-state index contributed by atoms with van der Waals surface area (Å²) in [6.45, 7) is 2.50. The maximum atomic E-state index is 13.9. The van der Waals surface area contributed by atoms with Crippen LogP contribution in [0.5, 0.6) is 0 Å². The molecule has 2 heterocycles. The van der Waals surface area contributed by atoms with E-state index in [-0.39, 0.29) is 29.0 Å². The van der Waals surface area contributed by atoms with Crippen LogP contribution in [-0.4, -0.2) is 58.1 Å². The molecule has 6 nitrogen and oxygen atoms in total. The fourth-order valence-electron chi connectivity index (χ4n) is 3.36. The normalized spacial score (nSPS) is 16.4. The Morgan fingerprint density at radius 3 is 2.59 bits per heavy atom. The van der Waals surface area contributed by atoms with Crippen molar-refractivity contribution < 1.29 is 18.8 Å². The van der Waals surface area contributed by atoms with E-state index in [0.717, 1.165) is 0 Å². The number of carbonyl (C=O) groups excluding carboxylic acids is 3. The topological polar surface area (TPSA) is 62.6 Å². The summed E-state index contributed by atoms with van der Waals surface area (Å²) >= 11 is 0. The van der Waals surface area contributed by atoms with Gasteiger partial charge in [0, 0.05) is 45.9 Å². The number of hydrogen-bond donors (Lipinski definition) is 0. The number of amides is 2. The van der Waals surface area contributed by atoms with Crippen molar-refractivity contribution in [2.24, 2.45) is 7.05 Å². The predicted octanol–water partition coefficient (Wildman–Crippen LogP) is 2.09. The highest BCUT2D eigenvalue weighted by Gasteiger charge is 2.31. The van der Waals surface area contributed by atoms with E-state index in [0.29, 0.717) is 25.2 Å². The molecule has 1 unspecified atom stereocenters. The molecule has 1 aliphatic rings. The minimum absolute atomic E-state index is 0.00812. The van der Waals surface area contributed by atoms with Crippen molar-refractivity contribution in [2.45, 2.75) is 19.4 Å². The zero-order valence-electron chi connectivity index (χ0n) is 15.6. The number of halogens is 1. The lowest BCUT2D eigenvalue weighted by Crippen LogP contribution is -2.39. The van der Waals surface area contributed by atoms with Gasteiger partial charge in [-0.2, -0.15) is 0 Å². The third kappa shape index (κ3) is 3.63. The van der Waals surface area contributed by atoms with E-state index >= 15 is 0 Å². The van der Waals surface area contributed by atoms with Crippen LogP contribution in [0.4, 0.5) is 4.39 Å². The lowest BCUT2D eigenvalue weighted by Gasteiger charge is -2.23. The van der Waals surface area contributed by atoms with Crippen molar-refractivity contribution in [2.75, 3.05) is 20.1 Å². The highest BCUT2D eigenvalue weighted by atomic mass is 19.1. The van der Waals surface area contributed by atoms with Gasteiger partial charge < -0.3 is 14.4 Å². The van der Waals surface area contributed by atoms with E-state index in [4.69, 9.17) is 0 Å². The third-order valence-electron chi connectivity index (χ3n) is 5.10. The lowest BCUT2D eigenvalue weighted by atomic mass is 10.1. The Balaban J connectivity index is 1.79. The molecule has 2 amide bonds. The highest BCUT2D eigenvalue weighted by molar-refractivity contribution is 6.10. The number of ketones is 1. The van der Waals surface area contributed by atoms with E-state index < -0.39 is 11.6 Å². The molecule has 7 heteroatoms. The van der Waals surface area contributed by atoms with Crippen LogP contribution in [0.25, 0.3) is 0 Å². The first-order valence-corrected chi connectivity index (χ1v) is 8.78. The summed E-state index contributed by atoms with van der Waals surface area (Å²) in [5, 5.41) is 0. The minimum Gasteiger partial charge on any atom is -0.346 e. The summed E-state index contributed by atoms with van der Waals surface area (Å²) in [5.41, 5.74) is 0.606. The number of likely N-dealkylation sites (tertiary alicyclic amines) is 1. The number of benzene rings is 1. The molecule has 142 valence electrons. The maximum Gasteiger partial charge on any atom is 0.270 e. The summed E-state index contributed by atoms with van der Waals surface area (Å²) in [7, 11) is 3.41.